The summed E-state index contributed by atoms with van der Waals surface area (Å²) in [5.74, 6) is -0.0431. The van der Waals surface area contributed by atoms with Gasteiger partial charge in [-0.2, -0.15) is 5.10 Å². The molecule has 0 saturated carbocycles. The van der Waals surface area contributed by atoms with E-state index in [1.54, 1.807) is 28.9 Å². The molecule has 25 heavy (non-hydrogen) atoms. The van der Waals surface area contributed by atoms with Crippen molar-refractivity contribution < 1.29 is 9.59 Å². The Balaban J connectivity index is 1.59. The van der Waals surface area contributed by atoms with Crippen molar-refractivity contribution in [2.24, 2.45) is 0 Å². The number of hydrogen-bond acceptors (Lipinski definition) is 5. The maximum absolute atomic E-state index is 12.3. The number of carbonyl (C=O) groups is 2. The number of aromatic nitrogens is 4. The summed E-state index contributed by atoms with van der Waals surface area (Å²) >= 11 is 0. The Bertz CT molecular complexity index is 920. The van der Waals surface area contributed by atoms with E-state index >= 15 is 0 Å². The van der Waals surface area contributed by atoms with Crippen LogP contribution >= 0.6 is 0 Å². The minimum absolute atomic E-state index is 0.146. The van der Waals surface area contributed by atoms with Crippen molar-refractivity contribution in [1.29, 1.82) is 0 Å². The number of anilines is 1. The number of nitrogens with one attached hydrogen (secondary N) is 2. The Morgan fingerprint density at radius 2 is 2.08 bits per heavy atom. The van der Waals surface area contributed by atoms with E-state index in [2.05, 4.69) is 25.7 Å². The fraction of sp³-hybridized carbons (Fsp3) is 0.235. The number of fused-ring (bicyclic) bond motifs is 1. The van der Waals surface area contributed by atoms with Crippen LogP contribution in [0.15, 0.2) is 36.7 Å². The van der Waals surface area contributed by atoms with Crippen LogP contribution in [0.5, 0.6) is 0 Å². The third-order valence-corrected chi connectivity index (χ3v) is 3.59. The second-order valence-corrected chi connectivity index (χ2v) is 5.60. The first-order valence-electron chi connectivity index (χ1n) is 7.85. The molecule has 8 nitrogen and oxygen atoms in total. The van der Waals surface area contributed by atoms with Gasteiger partial charge in [0.2, 0.25) is 5.91 Å². The van der Waals surface area contributed by atoms with Crippen LogP contribution in [0.3, 0.4) is 0 Å². The molecule has 0 unspecified atom stereocenters. The number of amides is 2. The predicted octanol–water partition coefficient (Wildman–Crippen LogP) is 1.50. The van der Waals surface area contributed by atoms with Crippen molar-refractivity contribution in [1.82, 2.24) is 24.9 Å². The van der Waals surface area contributed by atoms with Crippen molar-refractivity contribution >= 4 is 23.3 Å². The molecule has 2 amide bonds. The standard InChI is InChI=1S/C17H18N6O2/c1-11-9-12(2)23-16(21-11)13(10-20-23)17(25)19-8-6-15(24)22-14-5-3-4-7-18-14/h3-5,7,9-10H,6,8H2,1-2H3,(H,19,25)(H,18,22,24). The van der Waals surface area contributed by atoms with Gasteiger partial charge in [-0.3, -0.25) is 9.59 Å². The van der Waals surface area contributed by atoms with E-state index < -0.39 is 0 Å². The summed E-state index contributed by atoms with van der Waals surface area (Å²) in [6, 6.07) is 7.14. The van der Waals surface area contributed by atoms with Gasteiger partial charge in [-0.15, -0.1) is 0 Å². The first kappa shape index (κ1) is 16.6. The molecule has 3 rings (SSSR count). The highest BCUT2D eigenvalue weighted by Gasteiger charge is 2.15. The molecule has 3 heterocycles. The largest absolute Gasteiger partial charge is 0.351 e. The molecule has 0 fully saturated rings. The van der Waals surface area contributed by atoms with Crippen molar-refractivity contribution in [3.8, 4) is 0 Å². The van der Waals surface area contributed by atoms with Gasteiger partial charge in [0.25, 0.3) is 5.91 Å². The van der Waals surface area contributed by atoms with Crippen LogP contribution < -0.4 is 10.6 Å². The minimum atomic E-state index is -0.307. The summed E-state index contributed by atoms with van der Waals surface area (Å²) in [6.45, 7) is 3.97. The number of nitrogens with zero attached hydrogens (tertiary/aromatic N) is 4. The van der Waals surface area contributed by atoms with Crippen LogP contribution in [0.2, 0.25) is 0 Å². The topological polar surface area (TPSA) is 101 Å². The fourth-order valence-electron chi connectivity index (χ4n) is 2.46. The smallest absolute Gasteiger partial charge is 0.256 e. The van der Waals surface area contributed by atoms with E-state index in [9.17, 15) is 9.59 Å². The van der Waals surface area contributed by atoms with Gasteiger partial charge in [-0.25, -0.2) is 14.5 Å². The Morgan fingerprint density at radius 3 is 2.84 bits per heavy atom. The van der Waals surface area contributed by atoms with E-state index in [1.807, 2.05) is 19.9 Å². The van der Waals surface area contributed by atoms with Crippen LogP contribution in [0, 0.1) is 13.8 Å². The second-order valence-electron chi connectivity index (χ2n) is 5.60. The Morgan fingerprint density at radius 1 is 1.24 bits per heavy atom. The van der Waals surface area contributed by atoms with Gasteiger partial charge in [0, 0.05) is 30.6 Å². The summed E-state index contributed by atoms with van der Waals surface area (Å²) in [5.41, 5.74) is 2.61. The zero-order valence-electron chi connectivity index (χ0n) is 14.0. The molecule has 0 aliphatic heterocycles. The minimum Gasteiger partial charge on any atom is -0.351 e. The van der Waals surface area contributed by atoms with Gasteiger partial charge in [0.15, 0.2) is 5.65 Å². The highest BCUT2D eigenvalue weighted by atomic mass is 16.2. The number of hydrogen-bond donors (Lipinski definition) is 2. The van der Waals surface area contributed by atoms with Crippen molar-refractivity contribution in [2.75, 3.05) is 11.9 Å². The van der Waals surface area contributed by atoms with Crippen molar-refractivity contribution in [3.05, 3.63) is 53.6 Å². The number of pyridine rings is 1. The Hall–Kier alpha value is -3.29. The van der Waals surface area contributed by atoms with Gasteiger partial charge in [-0.1, -0.05) is 6.07 Å². The van der Waals surface area contributed by atoms with E-state index in [0.717, 1.165) is 11.4 Å². The molecule has 0 bridgehead atoms. The van der Waals surface area contributed by atoms with Crippen molar-refractivity contribution in [2.45, 2.75) is 20.3 Å². The molecule has 0 saturated heterocycles. The summed E-state index contributed by atoms with van der Waals surface area (Å²) in [6.07, 6.45) is 3.23. The number of aryl methyl sites for hydroxylation is 2. The monoisotopic (exact) mass is 338 g/mol. The lowest BCUT2D eigenvalue weighted by molar-refractivity contribution is -0.116. The van der Waals surface area contributed by atoms with Crippen LogP contribution in [-0.2, 0) is 4.79 Å². The molecule has 0 aliphatic rings. The van der Waals surface area contributed by atoms with E-state index in [4.69, 9.17) is 0 Å². The average molecular weight is 338 g/mol. The lowest BCUT2D eigenvalue weighted by Crippen LogP contribution is -2.27. The molecule has 2 N–H and O–H groups in total. The third kappa shape index (κ3) is 3.79. The Labute approximate surface area is 144 Å². The molecule has 0 aliphatic carbocycles. The van der Waals surface area contributed by atoms with E-state index in [1.165, 1.54) is 6.20 Å². The zero-order valence-corrected chi connectivity index (χ0v) is 14.0. The molecule has 3 aromatic rings. The molecule has 3 aromatic heterocycles. The van der Waals surface area contributed by atoms with E-state index in [0.29, 0.717) is 17.0 Å². The highest BCUT2D eigenvalue weighted by molar-refractivity contribution is 6.00. The van der Waals surface area contributed by atoms with Crippen LogP contribution in [0.1, 0.15) is 28.2 Å². The Kier molecular flexibility index (Phi) is 4.69. The summed E-state index contributed by atoms with van der Waals surface area (Å²) in [5, 5.41) is 9.57. The second kappa shape index (κ2) is 7.08. The van der Waals surface area contributed by atoms with Gasteiger partial charge in [0.1, 0.15) is 11.4 Å². The van der Waals surface area contributed by atoms with Gasteiger partial charge in [-0.05, 0) is 32.0 Å². The fourth-order valence-corrected chi connectivity index (χ4v) is 2.46. The van der Waals surface area contributed by atoms with Crippen LogP contribution in [0.4, 0.5) is 5.82 Å². The lowest BCUT2D eigenvalue weighted by Gasteiger charge is -2.06. The molecule has 0 atom stereocenters. The molecule has 0 spiro atoms. The van der Waals surface area contributed by atoms with Crippen molar-refractivity contribution in [3.63, 3.8) is 0 Å². The average Bonchev–Trinajstić information content (AvgIpc) is 2.99. The molecule has 8 heteroatoms. The summed E-state index contributed by atoms with van der Waals surface area (Å²) < 4.78 is 1.62. The van der Waals surface area contributed by atoms with E-state index in [-0.39, 0.29) is 24.8 Å². The molecule has 0 radical (unpaired) electrons. The van der Waals surface area contributed by atoms with Gasteiger partial charge < -0.3 is 10.6 Å². The summed E-state index contributed by atoms with van der Waals surface area (Å²) in [4.78, 5) is 32.6. The molecular formula is C17H18N6O2. The third-order valence-electron chi connectivity index (χ3n) is 3.59. The van der Waals surface area contributed by atoms with Crippen LogP contribution in [-0.4, -0.2) is 37.9 Å². The number of rotatable bonds is 5. The normalized spacial score (nSPS) is 10.6. The molecular weight excluding hydrogens is 320 g/mol. The SMILES string of the molecule is Cc1cc(C)n2ncc(C(=O)NCCC(=O)Nc3ccccn3)c2n1. The lowest BCUT2D eigenvalue weighted by atomic mass is 10.3. The quantitative estimate of drug-likeness (QED) is 0.734. The molecule has 0 aromatic carbocycles. The van der Waals surface area contributed by atoms with Crippen LogP contribution in [0.25, 0.3) is 5.65 Å². The highest BCUT2D eigenvalue weighted by Crippen LogP contribution is 2.11. The van der Waals surface area contributed by atoms with Gasteiger partial charge >= 0.3 is 0 Å². The maximum atomic E-state index is 12.3. The zero-order chi connectivity index (χ0) is 17.8. The molecule has 128 valence electrons. The first-order valence-corrected chi connectivity index (χ1v) is 7.85. The first-order chi connectivity index (χ1) is 12.0. The van der Waals surface area contributed by atoms with Gasteiger partial charge in [0.05, 0.1) is 6.20 Å². The number of carbonyl (C=O) groups excluding carboxylic acids is 2. The summed E-state index contributed by atoms with van der Waals surface area (Å²) in [7, 11) is 0. The maximum Gasteiger partial charge on any atom is 0.256 e. The predicted molar refractivity (Wildman–Crippen MR) is 92.3 cm³/mol.